The van der Waals surface area contributed by atoms with Gasteiger partial charge in [-0.05, 0) is 138 Å². The van der Waals surface area contributed by atoms with E-state index >= 15 is 0 Å². The molecule has 0 aliphatic heterocycles. The monoisotopic (exact) mass is 829 g/mol. The lowest BCUT2D eigenvalue weighted by Crippen LogP contribution is -2.40. The van der Waals surface area contributed by atoms with Crippen LogP contribution in [0.3, 0.4) is 0 Å². The number of hydrogen-bond acceptors (Lipinski definition) is 1. The molecule has 65 heavy (non-hydrogen) atoms. The quantitative estimate of drug-likeness (QED) is 0.155. The molecule has 1 heteroatoms. The van der Waals surface area contributed by atoms with Gasteiger partial charge < -0.3 is 4.90 Å². The fourth-order valence-electron chi connectivity index (χ4n) is 11.1. The molecule has 12 rings (SSSR count). The summed E-state index contributed by atoms with van der Waals surface area (Å²) in [6.45, 7) is 4.82. The van der Waals surface area contributed by atoms with Crippen LogP contribution in [0.1, 0.15) is 47.2 Å². The Balaban J connectivity index is 1.01. The summed E-state index contributed by atoms with van der Waals surface area (Å²) in [4.78, 5) is 2.42. The smallest absolute Gasteiger partial charge is 0.0719 e. The summed E-state index contributed by atoms with van der Waals surface area (Å²) < 4.78 is 0. The summed E-state index contributed by atoms with van der Waals surface area (Å²) in [5, 5.41) is 0. The lowest BCUT2D eigenvalue weighted by atomic mass is 9.55. The molecule has 2 aliphatic carbocycles. The molecule has 0 fully saturated rings. The van der Waals surface area contributed by atoms with E-state index in [1.54, 1.807) is 0 Å². The fourth-order valence-corrected chi connectivity index (χ4v) is 11.1. The van der Waals surface area contributed by atoms with Gasteiger partial charge in [-0.1, -0.05) is 214 Å². The second kappa shape index (κ2) is 15.4. The minimum absolute atomic E-state index is 0.222. The first-order chi connectivity index (χ1) is 32.0. The summed E-state index contributed by atoms with van der Waals surface area (Å²) >= 11 is 0. The molecule has 0 bridgehead atoms. The van der Waals surface area contributed by atoms with Crippen molar-refractivity contribution in [1.29, 1.82) is 0 Å². The summed E-state index contributed by atoms with van der Waals surface area (Å²) in [7, 11) is 0. The Morgan fingerprint density at radius 3 is 1.25 bits per heavy atom. The molecule has 0 saturated carbocycles. The van der Waals surface area contributed by atoms with Gasteiger partial charge in [-0.25, -0.2) is 0 Å². The lowest BCUT2D eigenvalue weighted by Gasteiger charge is -2.46. The molecule has 0 amide bonds. The number of benzene rings is 10. The van der Waals surface area contributed by atoms with Gasteiger partial charge in [0.25, 0.3) is 0 Å². The Morgan fingerprint density at radius 1 is 0.246 bits per heavy atom. The molecule has 1 spiro atoms. The zero-order valence-corrected chi connectivity index (χ0v) is 36.6. The van der Waals surface area contributed by atoms with Gasteiger partial charge in [-0.2, -0.15) is 0 Å². The second-order valence-corrected chi connectivity index (χ2v) is 18.1. The molecule has 0 saturated heterocycles. The van der Waals surface area contributed by atoms with Crippen LogP contribution < -0.4 is 4.90 Å². The van der Waals surface area contributed by atoms with Crippen LogP contribution in [0.15, 0.2) is 249 Å². The van der Waals surface area contributed by atoms with Gasteiger partial charge in [0.15, 0.2) is 0 Å². The van der Waals surface area contributed by atoms with E-state index in [0.29, 0.717) is 0 Å². The van der Waals surface area contributed by atoms with Crippen LogP contribution in [-0.2, 0) is 10.8 Å². The maximum Gasteiger partial charge on any atom is 0.0719 e. The summed E-state index contributed by atoms with van der Waals surface area (Å²) in [6, 6.07) is 91.9. The summed E-state index contributed by atoms with van der Waals surface area (Å²) in [5.41, 5.74) is 23.0. The minimum Gasteiger partial charge on any atom is -0.310 e. The number of fused-ring (bicyclic) bond motifs is 9. The Hall–Kier alpha value is -8.00. The van der Waals surface area contributed by atoms with E-state index < -0.39 is 5.41 Å². The van der Waals surface area contributed by atoms with E-state index in [0.717, 1.165) is 17.1 Å². The van der Waals surface area contributed by atoms with Crippen LogP contribution in [0, 0.1) is 0 Å². The number of nitrogens with zero attached hydrogens (tertiary/aromatic N) is 1. The molecule has 0 N–H and O–H groups in total. The van der Waals surface area contributed by atoms with E-state index in [9.17, 15) is 0 Å². The topological polar surface area (TPSA) is 3.24 Å². The van der Waals surface area contributed by atoms with Crippen LogP contribution >= 0.6 is 0 Å². The second-order valence-electron chi connectivity index (χ2n) is 18.1. The molecular weight excluding hydrogens is 783 g/mol. The van der Waals surface area contributed by atoms with Crippen molar-refractivity contribution in [2.75, 3.05) is 4.90 Å². The van der Waals surface area contributed by atoms with E-state index in [1.165, 1.54) is 89.0 Å². The van der Waals surface area contributed by atoms with Gasteiger partial charge in [-0.15, -0.1) is 0 Å². The van der Waals surface area contributed by atoms with Gasteiger partial charge in [0.1, 0.15) is 0 Å². The summed E-state index contributed by atoms with van der Waals surface area (Å²) in [6.07, 6.45) is 0. The van der Waals surface area contributed by atoms with Crippen molar-refractivity contribution in [1.82, 2.24) is 0 Å². The van der Waals surface area contributed by atoms with Crippen molar-refractivity contribution in [2.45, 2.75) is 24.7 Å². The highest BCUT2D eigenvalue weighted by Crippen LogP contribution is 2.62. The standard InChI is InChI=1S/C64H47N/c1-63(2)59-31-16-17-32-60(59)64(57-29-14-12-27-55(57)56-28-13-15-30-58(56)64)61-38-35-49(43-62(61)63)47-33-36-52(37-34-47)65(53-26-18-25-48(40-53)44-19-6-3-7-20-44)54-41-50(45-21-8-4-9-22-45)39-51(42-54)46-23-10-5-11-24-46/h3-43H,1-2H3. The molecule has 0 aromatic heterocycles. The van der Waals surface area contributed by atoms with Crippen molar-refractivity contribution < 1.29 is 0 Å². The molecule has 0 heterocycles. The van der Waals surface area contributed by atoms with Crippen LogP contribution in [0.2, 0.25) is 0 Å². The first-order valence-corrected chi connectivity index (χ1v) is 22.7. The molecule has 10 aromatic rings. The van der Waals surface area contributed by atoms with Gasteiger partial charge in [0.2, 0.25) is 0 Å². The molecular formula is C64H47N. The highest BCUT2D eigenvalue weighted by molar-refractivity contribution is 5.90. The Bertz CT molecular complexity index is 3280. The zero-order chi connectivity index (χ0) is 43.5. The first-order valence-electron chi connectivity index (χ1n) is 22.7. The zero-order valence-electron chi connectivity index (χ0n) is 36.6. The number of hydrogen-bond donors (Lipinski definition) is 0. The normalized spacial score (nSPS) is 13.6. The van der Waals surface area contributed by atoms with Gasteiger partial charge in [0.05, 0.1) is 5.41 Å². The largest absolute Gasteiger partial charge is 0.310 e. The van der Waals surface area contributed by atoms with Gasteiger partial charge in [0, 0.05) is 22.5 Å². The Morgan fingerprint density at radius 2 is 0.662 bits per heavy atom. The van der Waals surface area contributed by atoms with E-state index in [2.05, 4.69) is 267 Å². The van der Waals surface area contributed by atoms with E-state index in [1.807, 2.05) is 0 Å². The molecule has 0 unspecified atom stereocenters. The number of rotatable bonds is 7. The maximum absolute atomic E-state index is 2.49. The third-order valence-electron chi connectivity index (χ3n) is 14.1. The average molecular weight is 830 g/mol. The highest BCUT2D eigenvalue weighted by atomic mass is 15.1. The van der Waals surface area contributed by atoms with E-state index in [-0.39, 0.29) is 5.41 Å². The van der Waals surface area contributed by atoms with Crippen LogP contribution in [0.5, 0.6) is 0 Å². The van der Waals surface area contributed by atoms with Crippen molar-refractivity contribution in [3.05, 3.63) is 282 Å². The fraction of sp³-hybridized carbons (Fsp3) is 0.0625. The Kier molecular flexibility index (Phi) is 9.14. The van der Waals surface area contributed by atoms with Gasteiger partial charge in [-0.3, -0.25) is 0 Å². The van der Waals surface area contributed by atoms with Crippen LogP contribution in [0.4, 0.5) is 17.1 Å². The summed E-state index contributed by atoms with van der Waals surface area (Å²) in [5.74, 6) is 0. The Labute approximate surface area is 382 Å². The third-order valence-corrected chi connectivity index (χ3v) is 14.1. The van der Waals surface area contributed by atoms with Crippen molar-refractivity contribution in [2.24, 2.45) is 0 Å². The van der Waals surface area contributed by atoms with Crippen LogP contribution in [-0.4, -0.2) is 0 Å². The molecule has 0 atom stereocenters. The van der Waals surface area contributed by atoms with E-state index in [4.69, 9.17) is 0 Å². The molecule has 10 aromatic carbocycles. The molecule has 308 valence electrons. The van der Waals surface area contributed by atoms with Crippen LogP contribution in [0.25, 0.3) is 55.6 Å². The third kappa shape index (κ3) is 6.22. The molecule has 2 aliphatic rings. The van der Waals surface area contributed by atoms with Gasteiger partial charge >= 0.3 is 0 Å². The lowest BCUT2D eigenvalue weighted by molar-refractivity contribution is 0.563. The minimum atomic E-state index is -0.404. The van der Waals surface area contributed by atoms with Crippen molar-refractivity contribution in [3.63, 3.8) is 0 Å². The first kappa shape index (κ1) is 38.7. The average Bonchev–Trinajstić information content (AvgIpc) is 3.67. The predicted molar refractivity (Wildman–Crippen MR) is 272 cm³/mol. The highest BCUT2D eigenvalue weighted by Gasteiger charge is 2.53. The van der Waals surface area contributed by atoms with Crippen molar-refractivity contribution >= 4 is 17.1 Å². The predicted octanol–water partition coefficient (Wildman–Crippen LogP) is 16.8. The van der Waals surface area contributed by atoms with Crippen molar-refractivity contribution in [3.8, 4) is 55.6 Å². The number of anilines is 3. The maximum atomic E-state index is 2.49. The molecule has 1 nitrogen and oxygen atoms in total. The molecule has 0 radical (unpaired) electrons. The SMILES string of the molecule is CC1(C)c2ccccc2C2(c3ccccc3-c3ccccc32)c2ccc(-c3ccc(N(c4cccc(-c5ccccc5)c4)c4cc(-c5ccccc5)cc(-c5ccccc5)c4)cc3)cc21.